The number of aliphatic hydroxyl groups excluding tert-OH is 5. The molecule has 0 aromatic rings. The molecule has 0 amide bonds. The van der Waals surface area contributed by atoms with Crippen molar-refractivity contribution in [2.45, 2.75) is 478 Å². The van der Waals surface area contributed by atoms with Crippen LogP contribution in [0.4, 0.5) is 22.0 Å². The Morgan fingerprint density at radius 1 is 0.211 bits per heavy atom. The SMILES string of the molecule is CCN1CCC(CC(C)(C)C)[C@@H](F)C1.CCN1CCC(CC(C)(C)C)[C@@H](O)C1.CCN1CCC(CC(C)C)[C@H](F)C1.CCN1CCC(CC(C)C)[C@H](O)C1.CCN1CCC(CCC(C)(C)C)[C@@H](F)C1.CCN1CCC(CCC(C)(C)C)[C@@H](O)C1.CCN1CCC(CCC(C)(C)C)[C@H](F)C1.CCN1CCC(CCC(C)(C)C)[C@H](O)C1.CN1CCC(CCC(C)(C)C)[C@@H](F)C1.CN1CCC(CCC(C)(C)C)[C@@H](O)C1. The monoisotopic (exact) mass is 2030 g/mol. The number of nitrogens with zero attached hydrogens (tertiary/aromatic N) is 10. The summed E-state index contributed by atoms with van der Waals surface area (Å²) in [5.41, 5.74) is 2.88. The highest BCUT2D eigenvalue weighted by atomic mass is 19.2. The molecule has 10 rings (SSSR count). The number of likely N-dealkylation sites (tertiary alicyclic amines) is 10. The van der Waals surface area contributed by atoms with E-state index in [9.17, 15) is 47.5 Å². The van der Waals surface area contributed by atoms with Crippen molar-refractivity contribution < 1.29 is 47.5 Å². The smallest absolute Gasteiger partial charge is 0.116 e. The van der Waals surface area contributed by atoms with Crippen molar-refractivity contribution in [1.29, 1.82) is 0 Å². The van der Waals surface area contributed by atoms with Crippen LogP contribution >= 0.6 is 0 Å². The van der Waals surface area contributed by atoms with E-state index in [1.54, 1.807) is 0 Å². The van der Waals surface area contributed by atoms with Crippen LogP contribution in [0.2, 0.25) is 0 Å². The standard InChI is InChI=1S/2C13H26FN.2C13H27NO.2C12H24FN.2C12H25NO.C11H22FN.C11H23NO/c2*1-5-15-9-7-11(12(14)10-15)6-8-13(2,3)4;2*1-5-14-9-7-11(12(15)10-14)6-8-13(2,3)4;1-12(2,3)7-5-10-6-8-14(4)9-11(10)13;1-5-14-7-6-10(11(13)9-14)8-12(2,3)4;1-12(2,3)7-5-10-6-8-13(4)9-11(10)14;1-5-13-7-6-10(11(14)9-13)8-12(2,3)4;1-4-13-6-5-10(7-9(2)3)11(12)8-13;1-4-12-6-5-10(7-9(2)3)11(13)8-12/h2*11-12H,5-10H2,1-4H3;2*11-12,15H,5-10H2,1-4H3;2*10-11H,5-9H2,1-4H3;2*10-11,14H,5-9H2,1-4H3;9-11H,4-8H2,1-3H3;9-11,13H,4-8H2,1-3H3/t4*11?,12-;6*10?,11-/m1010000011/s1. The molecule has 5 N–H and O–H groups in total. The number of β-amino-alcohol motifs (C(OH)–C–C–N with tert-alkyl or cyclic N) is 5. The summed E-state index contributed by atoms with van der Waals surface area (Å²) in [6.45, 7) is 107. The summed E-state index contributed by atoms with van der Waals surface area (Å²) in [5.74, 6) is 5.56. The van der Waals surface area contributed by atoms with Gasteiger partial charge < -0.3 is 74.5 Å². The zero-order chi connectivity index (χ0) is 109. The second-order valence-corrected chi connectivity index (χ2v) is 57.0. The highest BCUT2D eigenvalue weighted by Gasteiger charge is 2.39. The summed E-state index contributed by atoms with van der Waals surface area (Å²) < 4.78 is 68.6. The Morgan fingerprint density at radius 2 is 0.387 bits per heavy atom. The molecule has 0 aromatic heterocycles. The Morgan fingerprint density at radius 3 is 0.606 bits per heavy atom. The number of rotatable bonds is 26. The Labute approximate surface area is 880 Å². The molecule has 0 aliphatic carbocycles. The molecule has 0 aromatic carbocycles. The highest BCUT2D eigenvalue weighted by molar-refractivity contribution is 4.91. The molecule has 10 unspecified atom stereocenters. The number of piperidine rings is 10. The summed E-state index contributed by atoms with van der Waals surface area (Å²) >= 11 is 0. The number of alkyl halides is 5. The van der Waals surface area contributed by atoms with Gasteiger partial charge in [-0.05, 0) is 413 Å². The molecule has 20 atom stereocenters. The Kier molecular flexibility index (Phi) is 68.3. The first-order chi connectivity index (χ1) is 65.6. The van der Waals surface area contributed by atoms with Gasteiger partial charge in [0.2, 0.25) is 0 Å². The summed E-state index contributed by atoms with van der Waals surface area (Å²) in [6, 6.07) is 0. The highest BCUT2D eigenvalue weighted by Crippen LogP contribution is 2.40. The van der Waals surface area contributed by atoms with Crippen molar-refractivity contribution in [2.75, 3.05) is 197 Å². The average Bonchev–Trinajstić information content (AvgIpc) is 0.843. The molecule has 20 heteroatoms. The fourth-order valence-corrected chi connectivity index (χ4v) is 22.3. The second-order valence-electron chi connectivity index (χ2n) is 57.0. The van der Waals surface area contributed by atoms with Crippen molar-refractivity contribution >= 4 is 0 Å². The molecule has 10 aliphatic heterocycles. The van der Waals surface area contributed by atoms with E-state index in [1.165, 1.54) is 83.8 Å². The molecule has 0 bridgehead atoms. The van der Waals surface area contributed by atoms with E-state index in [4.69, 9.17) is 0 Å². The van der Waals surface area contributed by atoms with Crippen LogP contribution < -0.4 is 0 Å². The molecular weight excluding hydrogens is 1780 g/mol. The number of hydrogen-bond donors (Lipinski definition) is 5. The summed E-state index contributed by atoms with van der Waals surface area (Å²) in [6.07, 6.45) is 25.8. The van der Waals surface area contributed by atoms with Gasteiger partial charge in [0, 0.05) is 65.4 Å². The lowest BCUT2D eigenvalue weighted by Gasteiger charge is -2.38. The van der Waals surface area contributed by atoms with Gasteiger partial charge in [0.05, 0.1) is 30.5 Å². The van der Waals surface area contributed by atoms with Crippen molar-refractivity contribution in [3.63, 3.8) is 0 Å². The lowest BCUT2D eigenvalue weighted by molar-refractivity contribution is 0.00754. The molecule has 0 saturated carbocycles. The second kappa shape index (κ2) is 69.7. The maximum absolute atomic E-state index is 13.8. The zero-order valence-electron chi connectivity index (χ0n) is 101. The Bertz CT molecular complexity index is 2770. The van der Waals surface area contributed by atoms with Gasteiger partial charge in [-0.1, -0.05) is 249 Å². The third-order valence-electron chi connectivity index (χ3n) is 32.5. The predicted octanol–water partition coefficient (Wildman–Crippen LogP) is 26.9. The van der Waals surface area contributed by atoms with Crippen LogP contribution in [-0.2, 0) is 0 Å². The molecular formula is C122H249F5N10O5. The van der Waals surface area contributed by atoms with Crippen LogP contribution in [0.1, 0.15) is 416 Å². The fourth-order valence-electron chi connectivity index (χ4n) is 22.3. The third kappa shape index (κ3) is 66.9. The Balaban J connectivity index is 0.000000789. The van der Waals surface area contributed by atoms with Gasteiger partial charge in [0.1, 0.15) is 30.9 Å². The minimum atomic E-state index is -0.608. The average molecular weight is 2030 g/mol. The lowest BCUT2D eigenvalue weighted by Crippen LogP contribution is -2.44. The van der Waals surface area contributed by atoms with Gasteiger partial charge in [-0.3, -0.25) is 0 Å². The largest absolute Gasteiger partial charge is 0.392 e. The van der Waals surface area contributed by atoms with E-state index in [-0.39, 0.29) is 41.9 Å². The van der Waals surface area contributed by atoms with Gasteiger partial charge >= 0.3 is 0 Å². The summed E-state index contributed by atoms with van der Waals surface area (Å²) in [4.78, 5) is 22.5. The van der Waals surface area contributed by atoms with E-state index in [0.717, 1.165) is 234 Å². The van der Waals surface area contributed by atoms with Gasteiger partial charge in [0.25, 0.3) is 0 Å². The quantitative estimate of drug-likeness (QED) is 0.0526. The van der Waals surface area contributed by atoms with Crippen LogP contribution in [0, 0.1) is 114 Å². The number of halogens is 5. The summed E-state index contributed by atoms with van der Waals surface area (Å²) in [5, 5.41) is 49.8. The lowest BCUT2D eigenvalue weighted by atomic mass is 9.79. The first kappa shape index (κ1) is 139. The van der Waals surface area contributed by atoms with Crippen LogP contribution in [0.5, 0.6) is 0 Å². The van der Waals surface area contributed by atoms with Crippen molar-refractivity contribution in [1.82, 2.24) is 49.0 Å². The van der Waals surface area contributed by atoms with Crippen LogP contribution in [0.3, 0.4) is 0 Å². The third-order valence-corrected chi connectivity index (χ3v) is 32.5. The molecule has 10 fully saturated rings. The van der Waals surface area contributed by atoms with Crippen molar-refractivity contribution in [3.05, 3.63) is 0 Å². The van der Waals surface area contributed by atoms with E-state index < -0.39 is 30.9 Å². The van der Waals surface area contributed by atoms with E-state index in [2.05, 4.69) is 305 Å². The molecule has 852 valence electrons. The maximum atomic E-state index is 13.8. The van der Waals surface area contributed by atoms with Gasteiger partial charge in [-0.2, -0.15) is 0 Å². The van der Waals surface area contributed by atoms with Gasteiger partial charge in [-0.15, -0.1) is 0 Å². The van der Waals surface area contributed by atoms with E-state index in [0.29, 0.717) is 136 Å². The number of likely N-dealkylation sites (N-methyl/N-ethyl adjacent to an activating group) is 5. The first-order valence-corrected chi connectivity index (χ1v) is 59.3. The van der Waals surface area contributed by atoms with Crippen molar-refractivity contribution in [3.8, 4) is 0 Å². The number of hydrogen-bond acceptors (Lipinski definition) is 15. The Hall–Kier alpha value is -0.950. The van der Waals surface area contributed by atoms with Crippen LogP contribution in [-0.4, -0.2) is 333 Å². The molecule has 10 aliphatic rings. The predicted molar refractivity (Wildman–Crippen MR) is 607 cm³/mol. The fraction of sp³-hybridized carbons (Fsp3) is 1.00. The molecule has 0 spiro atoms. The topological polar surface area (TPSA) is 134 Å². The molecule has 15 nitrogen and oxygen atoms in total. The molecule has 0 radical (unpaired) electrons. The van der Waals surface area contributed by atoms with Crippen LogP contribution in [0.25, 0.3) is 0 Å². The summed E-state index contributed by atoms with van der Waals surface area (Å²) in [7, 11) is 4.09. The normalized spacial score (nSPS) is 30.2. The van der Waals surface area contributed by atoms with E-state index >= 15 is 0 Å². The minimum absolute atomic E-state index is 0.0869. The maximum Gasteiger partial charge on any atom is 0.116 e. The van der Waals surface area contributed by atoms with Crippen LogP contribution in [0.15, 0.2) is 0 Å². The van der Waals surface area contributed by atoms with Crippen molar-refractivity contribution in [2.24, 2.45) is 114 Å². The zero-order valence-corrected chi connectivity index (χ0v) is 101. The van der Waals surface area contributed by atoms with Gasteiger partial charge in [0.15, 0.2) is 0 Å². The molecule has 10 heterocycles. The number of aliphatic hydroxyl groups is 5. The molecule has 142 heavy (non-hydrogen) atoms. The first-order valence-electron chi connectivity index (χ1n) is 59.3. The minimum Gasteiger partial charge on any atom is -0.392 e. The van der Waals surface area contributed by atoms with E-state index in [1.807, 2.05) is 7.05 Å². The van der Waals surface area contributed by atoms with Gasteiger partial charge in [-0.25, -0.2) is 22.0 Å². The molecule has 10 saturated heterocycles.